The summed E-state index contributed by atoms with van der Waals surface area (Å²) in [5, 5.41) is 0. The van der Waals surface area contributed by atoms with E-state index in [-0.39, 0.29) is 22.9 Å². The third kappa shape index (κ3) is 2.41. The number of anilines is 1. The number of pyridine rings is 1. The van der Waals surface area contributed by atoms with Crippen LogP contribution >= 0.6 is 0 Å². The van der Waals surface area contributed by atoms with Crippen molar-refractivity contribution in [1.82, 2.24) is 9.29 Å². The molecule has 2 N–H and O–H groups in total. The van der Waals surface area contributed by atoms with Crippen LogP contribution in [0.25, 0.3) is 0 Å². The van der Waals surface area contributed by atoms with Crippen LogP contribution in [-0.4, -0.2) is 43.0 Å². The SMILES string of the molecule is Nc1cc(S(=O)(=O)N2CCOC3CCCCC32)ccn1. The third-order valence-electron chi connectivity index (χ3n) is 4.04. The van der Waals surface area contributed by atoms with E-state index in [1.165, 1.54) is 18.3 Å². The predicted molar refractivity (Wildman–Crippen MR) is 74.5 cm³/mol. The van der Waals surface area contributed by atoms with E-state index in [4.69, 9.17) is 10.5 Å². The lowest BCUT2D eigenvalue weighted by atomic mass is 9.91. The van der Waals surface area contributed by atoms with Crippen molar-refractivity contribution >= 4 is 15.8 Å². The van der Waals surface area contributed by atoms with Crippen molar-refractivity contribution in [1.29, 1.82) is 0 Å². The number of nitrogen functional groups attached to an aromatic ring is 1. The molecular formula is C13H19N3O3S. The molecule has 1 aliphatic heterocycles. The van der Waals surface area contributed by atoms with Crippen LogP contribution in [0.15, 0.2) is 23.2 Å². The first-order valence-electron chi connectivity index (χ1n) is 6.94. The molecule has 2 unspecified atom stereocenters. The summed E-state index contributed by atoms with van der Waals surface area (Å²) < 4.78 is 32.9. The molecule has 6 nitrogen and oxygen atoms in total. The van der Waals surface area contributed by atoms with Crippen LogP contribution in [0.4, 0.5) is 5.82 Å². The molecule has 1 aromatic heterocycles. The summed E-state index contributed by atoms with van der Waals surface area (Å²) in [6.45, 7) is 0.868. The van der Waals surface area contributed by atoms with Crippen LogP contribution in [0.3, 0.4) is 0 Å². The zero-order chi connectivity index (χ0) is 14.2. The highest BCUT2D eigenvalue weighted by Crippen LogP contribution is 2.32. The van der Waals surface area contributed by atoms with Gasteiger partial charge in [0.2, 0.25) is 10.0 Å². The number of morpholine rings is 1. The van der Waals surface area contributed by atoms with Gasteiger partial charge in [-0.2, -0.15) is 4.31 Å². The number of aromatic nitrogens is 1. The number of nitrogens with zero attached hydrogens (tertiary/aromatic N) is 2. The van der Waals surface area contributed by atoms with Crippen molar-refractivity contribution in [2.75, 3.05) is 18.9 Å². The van der Waals surface area contributed by atoms with Crippen LogP contribution < -0.4 is 5.73 Å². The molecule has 1 saturated carbocycles. The quantitative estimate of drug-likeness (QED) is 0.880. The van der Waals surface area contributed by atoms with E-state index in [1.807, 2.05) is 0 Å². The van der Waals surface area contributed by atoms with Crippen molar-refractivity contribution in [3.63, 3.8) is 0 Å². The van der Waals surface area contributed by atoms with Crippen molar-refractivity contribution in [3.8, 4) is 0 Å². The number of rotatable bonds is 2. The molecule has 3 rings (SSSR count). The summed E-state index contributed by atoms with van der Waals surface area (Å²) >= 11 is 0. The molecule has 0 radical (unpaired) electrons. The van der Waals surface area contributed by atoms with Crippen molar-refractivity contribution in [2.45, 2.75) is 42.7 Å². The molecule has 20 heavy (non-hydrogen) atoms. The zero-order valence-corrected chi connectivity index (χ0v) is 12.1. The van der Waals surface area contributed by atoms with Gasteiger partial charge in [0.25, 0.3) is 0 Å². The van der Waals surface area contributed by atoms with E-state index in [0.717, 1.165) is 25.7 Å². The lowest BCUT2D eigenvalue weighted by molar-refractivity contribution is -0.0586. The molecule has 1 aromatic rings. The van der Waals surface area contributed by atoms with Gasteiger partial charge in [0.05, 0.1) is 23.6 Å². The summed E-state index contributed by atoms with van der Waals surface area (Å²) in [7, 11) is -3.52. The van der Waals surface area contributed by atoms with Gasteiger partial charge in [-0.15, -0.1) is 0 Å². The second-order valence-corrected chi connectivity index (χ2v) is 7.18. The number of fused-ring (bicyclic) bond motifs is 1. The van der Waals surface area contributed by atoms with Crippen molar-refractivity contribution in [2.24, 2.45) is 0 Å². The van der Waals surface area contributed by atoms with Crippen LogP contribution in [-0.2, 0) is 14.8 Å². The standard InChI is InChI=1S/C13H19N3O3S/c14-13-9-10(5-6-15-13)20(17,18)16-7-8-19-12-4-2-1-3-11(12)16/h5-6,9,11-12H,1-4,7-8H2,(H2,14,15). The Labute approximate surface area is 119 Å². The summed E-state index contributed by atoms with van der Waals surface area (Å²) in [5.74, 6) is 0.222. The molecule has 0 bridgehead atoms. The highest BCUT2D eigenvalue weighted by molar-refractivity contribution is 7.89. The minimum Gasteiger partial charge on any atom is -0.384 e. The van der Waals surface area contributed by atoms with Crippen molar-refractivity contribution in [3.05, 3.63) is 18.3 Å². The number of sulfonamides is 1. The van der Waals surface area contributed by atoms with Gasteiger partial charge < -0.3 is 10.5 Å². The van der Waals surface area contributed by atoms with E-state index in [0.29, 0.717) is 13.2 Å². The van der Waals surface area contributed by atoms with E-state index in [9.17, 15) is 8.42 Å². The number of hydrogen-bond acceptors (Lipinski definition) is 5. The van der Waals surface area contributed by atoms with Crippen LogP contribution in [0.1, 0.15) is 25.7 Å². The van der Waals surface area contributed by atoms with E-state index in [2.05, 4.69) is 4.98 Å². The highest BCUT2D eigenvalue weighted by Gasteiger charge is 2.40. The van der Waals surface area contributed by atoms with Crippen molar-refractivity contribution < 1.29 is 13.2 Å². The number of ether oxygens (including phenoxy) is 1. The van der Waals surface area contributed by atoms with Gasteiger partial charge in [-0.25, -0.2) is 13.4 Å². The maximum Gasteiger partial charge on any atom is 0.243 e. The fraction of sp³-hybridized carbons (Fsp3) is 0.615. The first-order valence-corrected chi connectivity index (χ1v) is 8.38. The fourth-order valence-corrected chi connectivity index (χ4v) is 4.77. The minimum atomic E-state index is -3.52. The average molecular weight is 297 g/mol. The molecule has 7 heteroatoms. The van der Waals surface area contributed by atoms with E-state index >= 15 is 0 Å². The Morgan fingerprint density at radius 3 is 2.95 bits per heavy atom. The third-order valence-corrected chi connectivity index (χ3v) is 5.96. The van der Waals surface area contributed by atoms with Gasteiger partial charge in [-0.1, -0.05) is 12.8 Å². The Balaban J connectivity index is 1.93. The Morgan fingerprint density at radius 1 is 1.35 bits per heavy atom. The van der Waals surface area contributed by atoms with Gasteiger partial charge in [-0.3, -0.25) is 0 Å². The van der Waals surface area contributed by atoms with Crippen LogP contribution in [0.2, 0.25) is 0 Å². The Kier molecular flexibility index (Phi) is 3.66. The molecule has 110 valence electrons. The monoisotopic (exact) mass is 297 g/mol. The molecular weight excluding hydrogens is 278 g/mol. The molecule has 0 aromatic carbocycles. The molecule has 2 aliphatic rings. The average Bonchev–Trinajstić information content (AvgIpc) is 2.46. The second-order valence-electron chi connectivity index (χ2n) is 5.29. The molecule has 2 fully saturated rings. The summed E-state index contributed by atoms with van der Waals surface area (Å²) in [6.07, 6.45) is 5.43. The van der Waals surface area contributed by atoms with Gasteiger partial charge in [0.1, 0.15) is 5.82 Å². The van der Waals surface area contributed by atoms with Gasteiger partial charge >= 0.3 is 0 Å². The molecule has 1 aliphatic carbocycles. The fourth-order valence-electron chi connectivity index (χ4n) is 3.08. The molecule has 2 heterocycles. The highest BCUT2D eigenvalue weighted by atomic mass is 32.2. The summed E-state index contributed by atoms with van der Waals surface area (Å²) in [4.78, 5) is 4.07. The van der Waals surface area contributed by atoms with E-state index in [1.54, 1.807) is 4.31 Å². The number of hydrogen-bond donors (Lipinski definition) is 1. The Morgan fingerprint density at radius 2 is 2.15 bits per heavy atom. The van der Waals surface area contributed by atoms with Crippen LogP contribution in [0, 0.1) is 0 Å². The lowest BCUT2D eigenvalue weighted by Crippen LogP contribution is -2.54. The topological polar surface area (TPSA) is 85.5 Å². The second kappa shape index (κ2) is 5.31. The first kappa shape index (κ1) is 13.8. The molecule has 2 atom stereocenters. The maximum atomic E-state index is 12.8. The normalized spacial score (nSPS) is 28.0. The largest absolute Gasteiger partial charge is 0.384 e. The summed E-state index contributed by atoms with van der Waals surface area (Å²) in [5.41, 5.74) is 5.60. The molecule has 0 amide bonds. The molecule has 0 spiro atoms. The smallest absolute Gasteiger partial charge is 0.243 e. The zero-order valence-electron chi connectivity index (χ0n) is 11.2. The van der Waals surface area contributed by atoms with Crippen LogP contribution in [0.5, 0.6) is 0 Å². The minimum absolute atomic E-state index is 0.0338. The van der Waals surface area contributed by atoms with Gasteiger partial charge in [0.15, 0.2) is 0 Å². The Bertz CT molecular complexity index is 588. The first-order chi connectivity index (χ1) is 9.59. The Hall–Kier alpha value is -1.18. The van der Waals surface area contributed by atoms with Gasteiger partial charge in [0, 0.05) is 18.8 Å². The lowest BCUT2D eigenvalue weighted by Gasteiger charge is -2.42. The number of nitrogens with two attached hydrogens (primary N) is 1. The predicted octanol–water partition coefficient (Wildman–Crippen LogP) is 0.996. The maximum absolute atomic E-state index is 12.8. The van der Waals surface area contributed by atoms with E-state index < -0.39 is 10.0 Å². The summed E-state index contributed by atoms with van der Waals surface area (Å²) in [6, 6.07) is 2.87. The van der Waals surface area contributed by atoms with Gasteiger partial charge in [-0.05, 0) is 18.9 Å². The molecule has 1 saturated heterocycles.